The van der Waals surface area contributed by atoms with E-state index in [1.54, 1.807) is 32.6 Å². The largest absolute Gasteiger partial charge is 0.395 e. The van der Waals surface area contributed by atoms with E-state index in [4.69, 9.17) is 46.6 Å². The third-order valence-corrected chi connectivity index (χ3v) is 2.44. The smallest absolute Gasteiger partial charge is 0.112 e. The molecule has 0 saturated carbocycles. The highest BCUT2D eigenvalue weighted by atomic mass is 16.3. The second-order valence-corrected chi connectivity index (χ2v) is 8.11. The molecule has 12 nitrogen and oxygen atoms in total. The molecule has 0 aliphatic rings. The summed E-state index contributed by atoms with van der Waals surface area (Å²) in [5.41, 5.74) is 1.88. The Morgan fingerprint density at radius 2 is 0.871 bits per heavy atom. The van der Waals surface area contributed by atoms with E-state index in [-0.39, 0.29) is 33.0 Å². The molecule has 0 heterocycles. The first-order chi connectivity index (χ1) is 14.0. The van der Waals surface area contributed by atoms with Gasteiger partial charge in [-0.05, 0) is 41.5 Å². The van der Waals surface area contributed by atoms with Gasteiger partial charge in [0.1, 0.15) is 17.2 Å². The second kappa shape index (κ2) is 22.7. The summed E-state index contributed by atoms with van der Waals surface area (Å²) >= 11 is 0. The summed E-state index contributed by atoms with van der Waals surface area (Å²) < 4.78 is 0. The Bertz CT molecular complexity index is 309. The lowest BCUT2D eigenvalue weighted by atomic mass is 10.2. The van der Waals surface area contributed by atoms with Crippen LogP contribution in [0.15, 0.2) is 0 Å². The number of rotatable bonds is 12. The molecule has 0 aromatic rings. The summed E-state index contributed by atoms with van der Waals surface area (Å²) in [5, 5.41) is 73.6. The summed E-state index contributed by atoms with van der Waals surface area (Å²) in [5.74, 6) is 0. The Kier molecular flexibility index (Phi) is 27.7. The van der Waals surface area contributed by atoms with Crippen molar-refractivity contribution in [3.8, 4) is 0 Å². The second-order valence-electron chi connectivity index (χ2n) is 8.11. The molecule has 0 bridgehead atoms. The molecule has 0 aliphatic carbocycles. The Balaban J connectivity index is -0.000000161. The topological polar surface area (TPSA) is 215 Å². The van der Waals surface area contributed by atoms with Crippen LogP contribution in [0.5, 0.6) is 0 Å². The number of nitrogens with zero attached hydrogens (tertiary/aromatic N) is 1. The first kappa shape index (κ1) is 37.8. The van der Waals surface area contributed by atoms with Gasteiger partial charge in [0, 0.05) is 32.7 Å². The summed E-state index contributed by atoms with van der Waals surface area (Å²) in [4.78, 5) is 1.79. The zero-order valence-electron chi connectivity index (χ0n) is 20.2. The van der Waals surface area contributed by atoms with Gasteiger partial charge in [-0.25, -0.2) is 0 Å². The van der Waals surface area contributed by atoms with Gasteiger partial charge in [0.25, 0.3) is 0 Å². The molecule has 0 aliphatic heterocycles. The molecule has 12 N–H and O–H groups in total. The van der Waals surface area contributed by atoms with E-state index in [0.29, 0.717) is 32.7 Å². The van der Waals surface area contributed by atoms with Crippen LogP contribution in [0.3, 0.4) is 0 Å². The fourth-order valence-corrected chi connectivity index (χ4v) is 1.79. The van der Waals surface area contributed by atoms with Gasteiger partial charge in [0.05, 0.1) is 33.0 Å². The first-order valence-electron chi connectivity index (χ1n) is 10.2. The molecule has 0 atom stereocenters. The normalized spacial score (nSPS) is 11.6. The van der Waals surface area contributed by atoms with Crippen molar-refractivity contribution in [2.45, 2.75) is 58.7 Å². The van der Waals surface area contributed by atoms with Crippen LogP contribution in [0, 0.1) is 0 Å². The lowest BCUT2D eigenvalue weighted by molar-refractivity contribution is -0.0634. The van der Waals surface area contributed by atoms with Gasteiger partial charge in [-0.1, -0.05) is 0 Å². The first-order valence-corrected chi connectivity index (χ1v) is 10.2. The van der Waals surface area contributed by atoms with Gasteiger partial charge >= 0.3 is 0 Å². The average Bonchev–Trinajstić information content (AvgIpc) is 2.52. The number of aliphatic hydroxyl groups is 8. The molecule has 194 valence electrons. The Morgan fingerprint density at radius 3 is 1.00 bits per heavy atom. The summed E-state index contributed by atoms with van der Waals surface area (Å²) in [6.45, 7) is 12.5. The number of hydrogen-bond donors (Lipinski definition) is 11. The highest BCUT2D eigenvalue weighted by Gasteiger charge is 2.21. The maximum absolute atomic E-state index is 9.08. The molecule has 0 unspecified atom stereocenters. The highest BCUT2D eigenvalue weighted by molar-refractivity contribution is 4.70. The molecule has 0 amide bonds. The Labute approximate surface area is 187 Å². The van der Waals surface area contributed by atoms with Crippen molar-refractivity contribution >= 4 is 0 Å². The van der Waals surface area contributed by atoms with E-state index in [1.807, 2.05) is 0 Å². The van der Waals surface area contributed by atoms with Crippen molar-refractivity contribution in [3.05, 3.63) is 0 Å². The molecule has 0 rings (SSSR count). The van der Waals surface area contributed by atoms with Crippen LogP contribution in [0.2, 0.25) is 0 Å². The van der Waals surface area contributed by atoms with Crippen LogP contribution in [0.25, 0.3) is 0 Å². The third-order valence-electron chi connectivity index (χ3n) is 2.44. The molecule has 0 spiro atoms. The van der Waals surface area contributed by atoms with E-state index >= 15 is 0 Å². The number of nitrogens with one attached hydrogen (secondary N) is 2. The Morgan fingerprint density at radius 1 is 0.613 bits per heavy atom. The fourth-order valence-electron chi connectivity index (χ4n) is 1.79. The lowest BCUT2D eigenvalue weighted by Crippen LogP contribution is -2.51. The van der Waals surface area contributed by atoms with Crippen molar-refractivity contribution < 1.29 is 40.9 Å². The molecule has 12 heteroatoms. The molecular weight excluding hydrogens is 412 g/mol. The van der Waals surface area contributed by atoms with Gasteiger partial charge in [0.15, 0.2) is 0 Å². The van der Waals surface area contributed by atoms with Gasteiger partial charge in [-0.2, -0.15) is 0 Å². The average molecular weight is 463 g/mol. The minimum absolute atomic E-state index is 0.0694. The van der Waals surface area contributed by atoms with Crippen molar-refractivity contribution in [1.82, 2.24) is 15.5 Å². The minimum Gasteiger partial charge on any atom is -0.395 e. The highest BCUT2D eigenvalue weighted by Crippen LogP contribution is 2.03. The van der Waals surface area contributed by atoms with E-state index in [0.717, 1.165) is 0 Å². The van der Waals surface area contributed by atoms with Crippen molar-refractivity contribution in [2.24, 2.45) is 5.73 Å². The van der Waals surface area contributed by atoms with Crippen LogP contribution in [-0.4, -0.2) is 129 Å². The Hall–Kier alpha value is -0.480. The van der Waals surface area contributed by atoms with Crippen molar-refractivity contribution in [1.29, 1.82) is 0 Å². The predicted octanol–water partition coefficient (Wildman–Crippen LogP) is -3.47. The van der Waals surface area contributed by atoms with Crippen LogP contribution >= 0.6 is 0 Å². The maximum atomic E-state index is 9.08. The van der Waals surface area contributed by atoms with Crippen LogP contribution in [0.1, 0.15) is 41.5 Å². The molecule has 0 fully saturated rings. The summed E-state index contributed by atoms with van der Waals surface area (Å²) in [6, 6.07) is 0. The summed E-state index contributed by atoms with van der Waals surface area (Å²) in [6.07, 6.45) is 0. The number of nitrogens with two attached hydrogens (primary N) is 1. The van der Waals surface area contributed by atoms with Gasteiger partial charge in [0.2, 0.25) is 0 Å². The summed E-state index contributed by atoms with van der Waals surface area (Å²) in [7, 11) is 0. The van der Waals surface area contributed by atoms with Gasteiger partial charge in [-0.3, -0.25) is 10.2 Å². The van der Waals surface area contributed by atoms with Crippen molar-refractivity contribution in [3.63, 3.8) is 0 Å². The number of aliphatic hydroxyl groups excluding tert-OH is 5. The zero-order chi connectivity index (χ0) is 25.6. The number of hydrogen-bond acceptors (Lipinski definition) is 12. The van der Waals surface area contributed by atoms with E-state index in [2.05, 4.69) is 10.6 Å². The lowest BCUT2D eigenvalue weighted by Gasteiger charge is -2.28. The predicted molar refractivity (Wildman–Crippen MR) is 121 cm³/mol. The maximum Gasteiger partial charge on any atom is 0.112 e. The molecule has 0 aromatic heterocycles. The van der Waals surface area contributed by atoms with E-state index < -0.39 is 17.2 Å². The van der Waals surface area contributed by atoms with Crippen LogP contribution in [-0.2, 0) is 0 Å². The minimum atomic E-state index is -1.02. The van der Waals surface area contributed by atoms with Gasteiger partial charge in [-0.15, -0.1) is 0 Å². The van der Waals surface area contributed by atoms with Crippen molar-refractivity contribution in [2.75, 3.05) is 65.8 Å². The SMILES string of the molecule is CC(C)(N)O.CC(C)(O)NC(C)(C)O.OCCN(CCO)CCO.OCCNCCO. The van der Waals surface area contributed by atoms with E-state index in [1.165, 1.54) is 13.8 Å². The van der Waals surface area contributed by atoms with E-state index in [9.17, 15) is 0 Å². The third kappa shape index (κ3) is 65.2. The van der Waals surface area contributed by atoms with Gasteiger partial charge < -0.3 is 51.9 Å². The standard InChI is InChI=1S/C6H15NO3.C6H15NO2.C4H11NO2.C3H9NO/c8-4-1-7(2-5-9)3-6-10;1-5(2,8)7-6(3,4)9;6-3-1-5-2-4-7;1-3(2,4)5/h8-10H,1-6H2;7-9H,1-4H3;5-7H,1-4H2;5H,4H2,1-2H3. The molecule has 31 heavy (non-hydrogen) atoms. The molecule has 0 aromatic carbocycles. The molecule has 0 saturated heterocycles. The van der Waals surface area contributed by atoms with Crippen LogP contribution in [0.4, 0.5) is 0 Å². The molecule has 0 radical (unpaired) electrons. The zero-order valence-corrected chi connectivity index (χ0v) is 20.2. The molecular formula is C19H50N4O8. The monoisotopic (exact) mass is 462 g/mol. The van der Waals surface area contributed by atoms with Crippen LogP contribution < -0.4 is 16.4 Å². The quantitative estimate of drug-likeness (QED) is 0.101. The fraction of sp³-hybridized carbons (Fsp3) is 1.00.